The largest absolute Gasteiger partial charge is 0.0654 e. The van der Waals surface area contributed by atoms with Crippen LogP contribution < -0.4 is 0 Å². The molecule has 1 aromatic carbocycles. The minimum absolute atomic E-state index is 0.147. The summed E-state index contributed by atoms with van der Waals surface area (Å²) in [5.41, 5.74) is 4.72. The molecule has 0 aliphatic rings. The maximum atomic E-state index is 3.71. The van der Waals surface area contributed by atoms with Gasteiger partial charge in [0.05, 0.1) is 0 Å². The molecular formula is C23H39. The molecule has 0 saturated carbocycles. The van der Waals surface area contributed by atoms with Crippen LogP contribution in [0.2, 0.25) is 0 Å². The summed E-state index contributed by atoms with van der Waals surface area (Å²) in [6, 6.07) is 8.54. The zero-order chi connectivity index (χ0) is 17.9. The summed E-state index contributed by atoms with van der Waals surface area (Å²) in [5, 5.41) is 0. The van der Waals surface area contributed by atoms with Crippen LogP contribution in [0, 0.1) is 6.07 Å². The van der Waals surface area contributed by atoms with Crippen LogP contribution in [0.4, 0.5) is 0 Å². The molecular weight excluding hydrogens is 276 g/mol. The van der Waals surface area contributed by atoms with Crippen LogP contribution in [-0.2, 0) is 16.2 Å². The molecule has 0 amide bonds. The molecule has 0 unspecified atom stereocenters. The number of unbranched alkanes of at least 4 members (excludes halogenated alkanes) is 3. The summed E-state index contributed by atoms with van der Waals surface area (Å²) in [6.45, 7) is 20.9. The molecule has 0 aliphatic carbocycles. The minimum atomic E-state index is 0.147. The lowest BCUT2D eigenvalue weighted by atomic mass is 9.73. The highest BCUT2D eigenvalue weighted by molar-refractivity contribution is 5.39. The van der Waals surface area contributed by atoms with Gasteiger partial charge in [0.1, 0.15) is 0 Å². The van der Waals surface area contributed by atoms with E-state index in [1.165, 1.54) is 48.8 Å². The van der Waals surface area contributed by atoms with Crippen LogP contribution in [0.25, 0.3) is 0 Å². The van der Waals surface area contributed by atoms with Crippen molar-refractivity contribution in [3.63, 3.8) is 0 Å². The van der Waals surface area contributed by atoms with E-state index >= 15 is 0 Å². The molecule has 0 N–H and O–H groups in total. The molecule has 0 nitrogen and oxygen atoms in total. The van der Waals surface area contributed by atoms with E-state index in [2.05, 4.69) is 80.5 Å². The van der Waals surface area contributed by atoms with E-state index in [4.69, 9.17) is 0 Å². The Labute approximate surface area is 146 Å². The summed E-state index contributed by atoms with van der Waals surface area (Å²) in [4.78, 5) is 0. The average Bonchev–Trinajstić information content (AvgIpc) is 2.41. The van der Waals surface area contributed by atoms with Crippen LogP contribution in [0.5, 0.6) is 0 Å². The number of benzene rings is 1. The van der Waals surface area contributed by atoms with E-state index in [1.807, 2.05) is 0 Å². The Hall–Kier alpha value is -0.780. The highest BCUT2D eigenvalue weighted by Crippen LogP contribution is 2.36. The minimum Gasteiger partial charge on any atom is -0.0654 e. The second-order valence-electron chi connectivity index (χ2n) is 9.89. The van der Waals surface area contributed by atoms with Crippen molar-refractivity contribution in [3.05, 3.63) is 34.9 Å². The predicted octanol–water partition coefficient (Wildman–Crippen LogP) is 7.33. The standard InChI is InChI=1S/C23H39/c1-10-11-12-13-14-23(8,9)20-16-18(21(2,3)4)15-19(17-20)22(5,6)7/h16-17H,10-14H2,1-9H3. The highest BCUT2D eigenvalue weighted by Gasteiger charge is 2.26. The summed E-state index contributed by atoms with van der Waals surface area (Å²) in [6.07, 6.45) is 6.62. The molecule has 0 fully saturated rings. The smallest absolute Gasteiger partial charge is 0.0103 e. The van der Waals surface area contributed by atoms with Crippen LogP contribution in [0.3, 0.4) is 0 Å². The Morgan fingerprint density at radius 2 is 1.22 bits per heavy atom. The van der Waals surface area contributed by atoms with Gasteiger partial charge < -0.3 is 0 Å². The Bertz CT molecular complexity index is 460. The lowest BCUT2D eigenvalue weighted by molar-refractivity contribution is 0.442. The Morgan fingerprint density at radius 3 is 1.61 bits per heavy atom. The third-order valence-corrected chi connectivity index (χ3v) is 4.92. The third-order valence-electron chi connectivity index (χ3n) is 4.92. The Morgan fingerprint density at radius 1 is 0.739 bits per heavy atom. The Kier molecular flexibility index (Phi) is 6.53. The lowest BCUT2D eigenvalue weighted by Crippen LogP contribution is -2.23. The van der Waals surface area contributed by atoms with Crippen LogP contribution in [0.15, 0.2) is 12.1 Å². The van der Waals surface area contributed by atoms with Crippen LogP contribution in [0.1, 0.15) is 111 Å². The summed E-state index contributed by atoms with van der Waals surface area (Å²) in [7, 11) is 0. The van der Waals surface area contributed by atoms with Crippen molar-refractivity contribution in [2.24, 2.45) is 0 Å². The SMILES string of the molecule is CCCCCCC(C)(C)c1cc(C(C)(C)C)[c]c(C(C)(C)C)c1. The predicted molar refractivity (Wildman–Crippen MR) is 104 cm³/mol. The normalized spacial score (nSPS) is 13.4. The van der Waals surface area contributed by atoms with Crippen LogP contribution in [-0.4, -0.2) is 0 Å². The number of hydrogen-bond donors (Lipinski definition) is 0. The van der Waals surface area contributed by atoms with Gasteiger partial charge in [-0.25, -0.2) is 0 Å². The van der Waals surface area contributed by atoms with Gasteiger partial charge in [-0.3, -0.25) is 0 Å². The monoisotopic (exact) mass is 315 g/mol. The fraction of sp³-hybridized carbons (Fsp3) is 0.739. The number of rotatable bonds is 6. The van der Waals surface area contributed by atoms with Gasteiger partial charge in [-0.1, -0.05) is 100 Å². The lowest BCUT2D eigenvalue weighted by Gasteiger charge is -2.31. The molecule has 23 heavy (non-hydrogen) atoms. The van der Waals surface area contributed by atoms with Crippen molar-refractivity contribution in [1.29, 1.82) is 0 Å². The maximum Gasteiger partial charge on any atom is -0.0103 e. The molecule has 0 heteroatoms. The van der Waals surface area contributed by atoms with Crippen molar-refractivity contribution >= 4 is 0 Å². The van der Waals surface area contributed by atoms with Gasteiger partial charge in [0.15, 0.2) is 0 Å². The van der Waals surface area contributed by atoms with Gasteiger partial charge in [0.25, 0.3) is 0 Å². The second kappa shape index (κ2) is 7.41. The van der Waals surface area contributed by atoms with Crippen molar-refractivity contribution < 1.29 is 0 Å². The van der Waals surface area contributed by atoms with E-state index in [-0.39, 0.29) is 16.2 Å². The van der Waals surface area contributed by atoms with Crippen molar-refractivity contribution in [1.82, 2.24) is 0 Å². The van der Waals surface area contributed by atoms with E-state index in [1.54, 1.807) is 0 Å². The number of hydrogen-bond acceptors (Lipinski definition) is 0. The molecule has 0 spiro atoms. The molecule has 0 saturated heterocycles. The first kappa shape index (κ1) is 20.3. The average molecular weight is 316 g/mol. The molecule has 1 radical (unpaired) electrons. The molecule has 1 aromatic rings. The van der Waals surface area contributed by atoms with E-state index < -0.39 is 0 Å². The molecule has 0 bridgehead atoms. The van der Waals surface area contributed by atoms with Crippen molar-refractivity contribution in [3.8, 4) is 0 Å². The first-order valence-corrected chi connectivity index (χ1v) is 9.47. The molecule has 0 aliphatic heterocycles. The van der Waals surface area contributed by atoms with Crippen molar-refractivity contribution in [2.45, 2.75) is 111 Å². The summed E-state index contributed by atoms with van der Waals surface area (Å²) < 4.78 is 0. The zero-order valence-corrected chi connectivity index (χ0v) is 17.2. The van der Waals surface area contributed by atoms with E-state index in [0.29, 0.717) is 0 Å². The first-order valence-electron chi connectivity index (χ1n) is 9.47. The van der Waals surface area contributed by atoms with E-state index in [0.717, 1.165) is 0 Å². The highest BCUT2D eigenvalue weighted by atomic mass is 14.3. The van der Waals surface area contributed by atoms with E-state index in [9.17, 15) is 0 Å². The fourth-order valence-corrected chi connectivity index (χ4v) is 2.91. The molecule has 0 atom stereocenters. The third kappa shape index (κ3) is 5.98. The molecule has 1 rings (SSSR count). The summed E-state index contributed by atoms with van der Waals surface area (Å²) >= 11 is 0. The zero-order valence-electron chi connectivity index (χ0n) is 17.2. The molecule has 0 heterocycles. The topological polar surface area (TPSA) is 0 Å². The van der Waals surface area contributed by atoms with Gasteiger partial charge in [-0.15, -0.1) is 0 Å². The molecule has 131 valence electrons. The fourth-order valence-electron chi connectivity index (χ4n) is 2.91. The maximum absolute atomic E-state index is 3.71. The van der Waals surface area contributed by atoms with Crippen molar-refractivity contribution in [2.75, 3.05) is 0 Å². The van der Waals surface area contributed by atoms with Crippen LogP contribution >= 0.6 is 0 Å². The molecule has 0 aromatic heterocycles. The summed E-state index contributed by atoms with van der Waals surface area (Å²) in [5.74, 6) is 0. The Balaban J connectivity index is 3.18. The van der Waals surface area contributed by atoms with Gasteiger partial charge in [-0.2, -0.15) is 0 Å². The quantitative estimate of drug-likeness (QED) is 0.482. The van der Waals surface area contributed by atoms with Gasteiger partial charge in [0.2, 0.25) is 0 Å². The van der Waals surface area contributed by atoms with Gasteiger partial charge in [0, 0.05) is 0 Å². The first-order chi connectivity index (χ1) is 10.4. The van der Waals surface area contributed by atoms with Gasteiger partial charge >= 0.3 is 0 Å². The second-order valence-corrected chi connectivity index (χ2v) is 9.89. The van der Waals surface area contributed by atoms with Gasteiger partial charge in [-0.05, 0) is 45.4 Å².